The average molecular weight is 515 g/mol. The minimum absolute atomic E-state index is 0.375. The van der Waals surface area contributed by atoms with E-state index in [9.17, 15) is 0 Å². The summed E-state index contributed by atoms with van der Waals surface area (Å²) in [5.74, 6) is 3.72. The molecule has 36 heavy (non-hydrogen) atoms. The SMILES string of the molecule is N/C(=N\O)C1CC1.N/C(=N\O)C1CCC1.ONC1=NCC1.ONC1=NCCC1.ONC1=NCCCC1. The second-order valence-electron chi connectivity index (χ2n) is 8.58. The first-order valence-corrected chi connectivity index (χ1v) is 12.2. The summed E-state index contributed by atoms with van der Waals surface area (Å²) in [6.07, 6.45) is 11.7. The molecule has 0 aromatic heterocycles. The Hall–Kier alpha value is -3.17. The van der Waals surface area contributed by atoms with E-state index in [1.165, 1.54) is 6.42 Å². The summed E-state index contributed by atoms with van der Waals surface area (Å²) >= 11 is 0. The molecule has 0 bridgehead atoms. The van der Waals surface area contributed by atoms with Crippen molar-refractivity contribution in [3.05, 3.63) is 0 Å². The van der Waals surface area contributed by atoms with Crippen LogP contribution in [0, 0.1) is 11.8 Å². The number of nitrogens with two attached hydrogens (primary N) is 2. The normalized spacial score (nSPS) is 20.7. The summed E-state index contributed by atoms with van der Waals surface area (Å²) in [6.45, 7) is 2.59. The lowest BCUT2D eigenvalue weighted by atomic mass is 9.85. The van der Waals surface area contributed by atoms with E-state index in [0.717, 1.165) is 95.5 Å². The molecular formula is C21H42N10O5. The van der Waals surface area contributed by atoms with E-state index in [0.29, 0.717) is 29.3 Å². The fourth-order valence-electron chi connectivity index (χ4n) is 2.98. The highest BCUT2D eigenvalue weighted by Crippen LogP contribution is 2.28. The third-order valence-corrected chi connectivity index (χ3v) is 5.79. The van der Waals surface area contributed by atoms with Gasteiger partial charge in [-0.2, -0.15) is 0 Å². The van der Waals surface area contributed by atoms with E-state index >= 15 is 0 Å². The number of hydrogen-bond acceptors (Lipinski definition) is 13. The van der Waals surface area contributed by atoms with Crippen LogP contribution in [0.25, 0.3) is 0 Å². The van der Waals surface area contributed by atoms with Gasteiger partial charge in [-0.3, -0.25) is 47.0 Å². The lowest BCUT2D eigenvalue weighted by molar-refractivity contribution is 0.228. The van der Waals surface area contributed by atoms with Gasteiger partial charge in [0.15, 0.2) is 0 Å². The number of rotatable bonds is 2. The highest BCUT2D eigenvalue weighted by atomic mass is 16.5. The summed E-state index contributed by atoms with van der Waals surface area (Å²) in [7, 11) is 0. The Morgan fingerprint density at radius 1 is 0.611 bits per heavy atom. The maximum Gasteiger partial charge on any atom is 0.142 e. The van der Waals surface area contributed by atoms with Crippen LogP contribution in [0.4, 0.5) is 0 Å². The zero-order chi connectivity index (χ0) is 26.6. The molecule has 5 aliphatic rings. The first kappa shape index (κ1) is 30.9. The standard InChI is InChI=1S/2C5H10N2O.2C4H8N2O.C3H6N2O/c8-7-5-3-1-2-4-6-5;6-5(7-8)4-2-1-3-4;7-6-4-2-1-3-5-4;5-4(6-7)3-1-2-3;6-5-3-1-2-4-3/h8H,1-4H2,(H,6,7);4,8H,1-3H2,(H2,6,7);7H,1-3H2,(H,5,6);3,7H,1-2H2,(H2,5,6);6H,1-2H2,(H,4,5). The number of hydroxylamine groups is 3. The van der Waals surface area contributed by atoms with Crippen molar-refractivity contribution in [3.63, 3.8) is 0 Å². The highest BCUT2D eigenvalue weighted by molar-refractivity contribution is 5.85. The van der Waals surface area contributed by atoms with Crippen LogP contribution in [-0.2, 0) is 0 Å². The number of amidine groups is 5. The van der Waals surface area contributed by atoms with Crippen molar-refractivity contribution in [1.29, 1.82) is 0 Å². The number of nitrogens with zero attached hydrogens (tertiary/aromatic N) is 5. The van der Waals surface area contributed by atoms with Gasteiger partial charge in [0.2, 0.25) is 0 Å². The van der Waals surface area contributed by atoms with Crippen LogP contribution in [0.3, 0.4) is 0 Å². The van der Waals surface area contributed by atoms with Gasteiger partial charge in [0.1, 0.15) is 29.2 Å². The molecule has 0 radical (unpaired) electrons. The number of nitrogens with one attached hydrogen (secondary N) is 3. The van der Waals surface area contributed by atoms with Gasteiger partial charge in [0.25, 0.3) is 0 Å². The Kier molecular flexibility index (Phi) is 16.3. The molecule has 0 aromatic rings. The Labute approximate surface area is 211 Å². The van der Waals surface area contributed by atoms with Crippen molar-refractivity contribution in [1.82, 2.24) is 16.4 Å². The van der Waals surface area contributed by atoms with Gasteiger partial charge in [-0.15, -0.1) is 0 Å². The molecule has 2 aliphatic carbocycles. The fourth-order valence-corrected chi connectivity index (χ4v) is 2.98. The summed E-state index contributed by atoms with van der Waals surface area (Å²) in [5.41, 5.74) is 16.5. The third-order valence-electron chi connectivity index (χ3n) is 5.79. The van der Waals surface area contributed by atoms with Crippen LogP contribution in [0.1, 0.15) is 70.6 Å². The molecule has 3 heterocycles. The van der Waals surface area contributed by atoms with Crippen LogP contribution in [0.5, 0.6) is 0 Å². The summed E-state index contributed by atoms with van der Waals surface area (Å²) in [6, 6.07) is 0. The largest absolute Gasteiger partial charge is 0.409 e. The quantitative estimate of drug-likeness (QED) is 0.109. The minimum atomic E-state index is 0.375. The molecule has 0 saturated heterocycles. The lowest BCUT2D eigenvalue weighted by Gasteiger charge is -2.22. The molecule has 2 fully saturated rings. The molecule has 12 N–H and O–H groups in total. The monoisotopic (exact) mass is 514 g/mol. The molecule has 0 unspecified atom stereocenters. The van der Waals surface area contributed by atoms with Gasteiger partial charge in [-0.25, -0.2) is 0 Å². The Morgan fingerprint density at radius 3 is 1.22 bits per heavy atom. The van der Waals surface area contributed by atoms with Crippen LogP contribution >= 0.6 is 0 Å². The maximum atomic E-state index is 8.31. The van der Waals surface area contributed by atoms with Gasteiger partial charge < -0.3 is 21.9 Å². The summed E-state index contributed by atoms with van der Waals surface area (Å²) < 4.78 is 0. The molecule has 0 amide bonds. The van der Waals surface area contributed by atoms with E-state index in [1.54, 1.807) is 0 Å². The van der Waals surface area contributed by atoms with Crippen LogP contribution < -0.4 is 27.9 Å². The van der Waals surface area contributed by atoms with Gasteiger partial charge >= 0.3 is 0 Å². The molecule has 15 nitrogen and oxygen atoms in total. The van der Waals surface area contributed by atoms with E-state index < -0.39 is 0 Å². The third kappa shape index (κ3) is 13.7. The van der Waals surface area contributed by atoms with Crippen LogP contribution in [-0.4, -0.2) is 74.8 Å². The molecule has 0 spiro atoms. The molecule has 206 valence electrons. The van der Waals surface area contributed by atoms with E-state index in [-0.39, 0.29) is 0 Å². The van der Waals surface area contributed by atoms with Crippen molar-refractivity contribution in [2.75, 3.05) is 19.6 Å². The highest BCUT2D eigenvalue weighted by Gasteiger charge is 2.25. The van der Waals surface area contributed by atoms with Gasteiger partial charge in [-0.05, 0) is 44.9 Å². The Balaban J connectivity index is 0.000000226. The first-order valence-electron chi connectivity index (χ1n) is 12.2. The second kappa shape index (κ2) is 19.1. The topological polar surface area (TPSA) is 251 Å². The van der Waals surface area contributed by atoms with Crippen LogP contribution in [0.15, 0.2) is 25.3 Å². The molecule has 2 saturated carbocycles. The predicted octanol–water partition coefficient (Wildman–Crippen LogP) is 1.15. The molecular weight excluding hydrogens is 472 g/mol. The van der Waals surface area contributed by atoms with Gasteiger partial charge in [0.05, 0.1) is 0 Å². The lowest BCUT2D eigenvalue weighted by Crippen LogP contribution is -2.28. The molecule has 0 atom stereocenters. The Bertz CT molecular complexity index is 764. The smallest absolute Gasteiger partial charge is 0.142 e. The number of hydrogen-bond donors (Lipinski definition) is 10. The van der Waals surface area contributed by atoms with Crippen molar-refractivity contribution < 1.29 is 26.0 Å². The zero-order valence-corrected chi connectivity index (χ0v) is 20.7. The van der Waals surface area contributed by atoms with Crippen molar-refractivity contribution >= 4 is 29.2 Å². The van der Waals surface area contributed by atoms with Gasteiger partial charge in [-0.1, -0.05) is 16.7 Å². The van der Waals surface area contributed by atoms with Crippen molar-refractivity contribution in [2.45, 2.75) is 70.6 Å². The average Bonchev–Trinajstić information content (AvgIpc) is 3.58. The number of oxime groups is 2. The zero-order valence-electron chi connectivity index (χ0n) is 20.7. The first-order chi connectivity index (χ1) is 17.5. The molecule has 15 heteroatoms. The maximum absolute atomic E-state index is 8.31. The van der Waals surface area contributed by atoms with E-state index in [2.05, 4.69) is 30.8 Å². The second-order valence-corrected chi connectivity index (χ2v) is 8.58. The molecule has 3 aliphatic heterocycles. The fraction of sp³-hybridized carbons (Fsp3) is 0.762. The minimum Gasteiger partial charge on any atom is -0.409 e. The number of aliphatic imine (C=N–C) groups is 3. The van der Waals surface area contributed by atoms with Crippen LogP contribution in [0.2, 0.25) is 0 Å². The summed E-state index contributed by atoms with van der Waals surface area (Å²) in [4.78, 5) is 11.7. The van der Waals surface area contributed by atoms with Crippen molar-refractivity contribution in [2.24, 2.45) is 48.6 Å². The predicted molar refractivity (Wildman–Crippen MR) is 136 cm³/mol. The van der Waals surface area contributed by atoms with E-state index in [1.807, 2.05) is 11.0 Å². The summed E-state index contributed by atoms with van der Waals surface area (Å²) in [5, 5.41) is 46.4. The van der Waals surface area contributed by atoms with Crippen molar-refractivity contribution in [3.8, 4) is 0 Å². The molecule has 5 rings (SSSR count). The molecule has 0 aromatic carbocycles. The van der Waals surface area contributed by atoms with E-state index in [4.69, 9.17) is 37.5 Å². The Morgan fingerprint density at radius 2 is 1.03 bits per heavy atom. The van der Waals surface area contributed by atoms with Gasteiger partial charge in [0, 0.05) is 50.7 Å².